The van der Waals surface area contributed by atoms with Crippen LogP contribution in [0.15, 0.2) is 27.9 Å². The minimum absolute atomic E-state index is 0. The van der Waals surface area contributed by atoms with Crippen LogP contribution in [0.1, 0.15) is 13.8 Å². The summed E-state index contributed by atoms with van der Waals surface area (Å²) in [6.45, 7) is 3.60. The Labute approximate surface area is 135 Å². The van der Waals surface area contributed by atoms with Crippen LogP contribution < -0.4 is 16.1 Å². The van der Waals surface area contributed by atoms with Crippen LogP contribution in [0.25, 0.3) is 11.0 Å². The van der Waals surface area contributed by atoms with E-state index in [0.717, 1.165) is 0 Å². The lowest BCUT2D eigenvalue weighted by atomic mass is 10.1. The van der Waals surface area contributed by atoms with Crippen LogP contribution in [-0.4, -0.2) is 29.6 Å². The molecule has 3 N–H and O–H groups in total. The van der Waals surface area contributed by atoms with Crippen molar-refractivity contribution in [2.45, 2.75) is 24.3 Å². The maximum Gasteiger partial charge on any atom is 0.328 e. The molecule has 9 heteroatoms. The Bertz CT molecular complexity index is 852. The van der Waals surface area contributed by atoms with E-state index in [9.17, 15) is 13.2 Å². The van der Waals surface area contributed by atoms with Crippen molar-refractivity contribution in [1.82, 2.24) is 13.9 Å². The van der Waals surface area contributed by atoms with Crippen molar-refractivity contribution in [2.75, 3.05) is 6.54 Å². The van der Waals surface area contributed by atoms with E-state index in [-0.39, 0.29) is 29.5 Å². The first kappa shape index (κ1) is 18.7. The van der Waals surface area contributed by atoms with Gasteiger partial charge < -0.3 is 5.73 Å². The summed E-state index contributed by atoms with van der Waals surface area (Å²) in [6.07, 6.45) is 0. The third-order valence-corrected chi connectivity index (χ3v) is 5.17. The number of nitrogens with zero attached hydrogens (tertiary/aromatic N) is 2. The summed E-state index contributed by atoms with van der Waals surface area (Å²) in [5.41, 5.74) is 5.86. The Morgan fingerprint density at radius 2 is 1.73 bits per heavy atom. The van der Waals surface area contributed by atoms with Gasteiger partial charge in [0, 0.05) is 26.2 Å². The van der Waals surface area contributed by atoms with Crippen LogP contribution in [0.5, 0.6) is 0 Å². The van der Waals surface area contributed by atoms with Crippen LogP contribution in [-0.2, 0) is 24.1 Å². The second kappa shape index (κ2) is 6.04. The highest BCUT2D eigenvalue weighted by Crippen LogP contribution is 2.19. The predicted octanol–water partition coefficient (Wildman–Crippen LogP) is 0.314. The third kappa shape index (κ3) is 3.19. The molecule has 2 rings (SSSR count). The zero-order valence-corrected chi connectivity index (χ0v) is 14.6. The normalized spacial score (nSPS) is 12.4. The van der Waals surface area contributed by atoms with Gasteiger partial charge in [-0.1, -0.05) is 0 Å². The molecule has 0 aliphatic rings. The zero-order valence-electron chi connectivity index (χ0n) is 13.0. The summed E-state index contributed by atoms with van der Waals surface area (Å²) in [5.74, 6) is 0. The Balaban J connectivity index is 0.00000242. The number of imidazole rings is 1. The van der Waals surface area contributed by atoms with Crippen molar-refractivity contribution in [3.63, 3.8) is 0 Å². The third-order valence-electron chi connectivity index (χ3n) is 3.47. The number of hydrogen-bond acceptors (Lipinski definition) is 4. The fraction of sp³-hybridized carbons (Fsp3) is 0.462. The molecule has 124 valence electrons. The van der Waals surface area contributed by atoms with Crippen molar-refractivity contribution in [2.24, 2.45) is 19.8 Å². The highest BCUT2D eigenvalue weighted by Gasteiger charge is 2.25. The van der Waals surface area contributed by atoms with E-state index in [1.54, 1.807) is 34.0 Å². The number of aromatic nitrogens is 2. The Hall–Kier alpha value is -1.35. The number of benzene rings is 1. The van der Waals surface area contributed by atoms with Crippen molar-refractivity contribution >= 4 is 33.5 Å². The van der Waals surface area contributed by atoms with Crippen molar-refractivity contribution in [3.05, 3.63) is 28.7 Å². The van der Waals surface area contributed by atoms with E-state index < -0.39 is 15.6 Å². The maximum absolute atomic E-state index is 12.4. The molecule has 0 saturated carbocycles. The van der Waals surface area contributed by atoms with Gasteiger partial charge >= 0.3 is 5.69 Å². The van der Waals surface area contributed by atoms with Crippen LogP contribution in [0.4, 0.5) is 0 Å². The quantitative estimate of drug-likeness (QED) is 0.830. The molecule has 0 bridgehead atoms. The average Bonchev–Trinajstić information content (AvgIpc) is 2.62. The summed E-state index contributed by atoms with van der Waals surface area (Å²) in [7, 11) is -0.440. The van der Waals surface area contributed by atoms with Gasteiger partial charge in [0.2, 0.25) is 10.0 Å². The summed E-state index contributed by atoms with van der Waals surface area (Å²) >= 11 is 0. The standard InChI is InChI=1S/C13H20N4O3S.ClH/c1-13(2,8-14)15-21(19,20)9-5-6-10-11(7-9)17(4)12(18)16(10)3;/h5-7,15H,8,14H2,1-4H3;1H. The molecule has 0 unspecified atom stereocenters. The van der Waals surface area contributed by atoms with Gasteiger partial charge in [-0.3, -0.25) is 9.13 Å². The van der Waals surface area contributed by atoms with Gasteiger partial charge in [0.05, 0.1) is 15.9 Å². The molecule has 0 aliphatic carbocycles. The van der Waals surface area contributed by atoms with E-state index >= 15 is 0 Å². The maximum atomic E-state index is 12.4. The molecular weight excluding hydrogens is 328 g/mol. The first-order chi connectivity index (χ1) is 9.59. The topological polar surface area (TPSA) is 99.1 Å². The van der Waals surface area contributed by atoms with Crippen LogP contribution >= 0.6 is 12.4 Å². The smallest absolute Gasteiger partial charge is 0.328 e. The minimum Gasteiger partial charge on any atom is -0.329 e. The summed E-state index contributed by atoms with van der Waals surface area (Å²) in [6, 6.07) is 4.60. The molecule has 0 atom stereocenters. The number of aryl methyl sites for hydroxylation is 2. The molecule has 7 nitrogen and oxygen atoms in total. The first-order valence-corrected chi connectivity index (χ1v) is 7.97. The molecule has 1 aromatic heterocycles. The van der Waals surface area contributed by atoms with Crippen LogP contribution in [0.2, 0.25) is 0 Å². The van der Waals surface area contributed by atoms with E-state index in [2.05, 4.69) is 4.72 Å². The van der Waals surface area contributed by atoms with Gasteiger partial charge in [-0.05, 0) is 32.0 Å². The molecule has 0 amide bonds. The van der Waals surface area contributed by atoms with Gasteiger partial charge in [0.1, 0.15) is 0 Å². The summed E-state index contributed by atoms with van der Waals surface area (Å²) in [5, 5.41) is 0. The summed E-state index contributed by atoms with van der Waals surface area (Å²) in [4.78, 5) is 12.0. The average molecular weight is 349 g/mol. The molecular formula is C13H21ClN4O3S. The van der Waals surface area contributed by atoms with Crippen molar-refractivity contribution < 1.29 is 8.42 Å². The van der Waals surface area contributed by atoms with Crippen molar-refractivity contribution in [1.29, 1.82) is 0 Å². The fourth-order valence-electron chi connectivity index (χ4n) is 2.12. The van der Waals surface area contributed by atoms with Crippen molar-refractivity contribution in [3.8, 4) is 0 Å². The molecule has 2 aromatic rings. The second-order valence-corrected chi connectivity index (χ2v) is 7.43. The number of nitrogens with one attached hydrogen (secondary N) is 1. The van der Waals surface area contributed by atoms with E-state index in [4.69, 9.17) is 5.73 Å². The van der Waals surface area contributed by atoms with E-state index in [0.29, 0.717) is 11.0 Å². The molecule has 0 spiro atoms. The number of fused-ring (bicyclic) bond motifs is 1. The zero-order chi connectivity index (χ0) is 16.0. The lowest BCUT2D eigenvalue weighted by Crippen LogP contribution is -2.48. The van der Waals surface area contributed by atoms with Gasteiger partial charge in [-0.15, -0.1) is 12.4 Å². The van der Waals surface area contributed by atoms with E-state index in [1.807, 2.05) is 0 Å². The Morgan fingerprint density at radius 3 is 2.27 bits per heavy atom. The molecule has 0 saturated heterocycles. The SMILES string of the molecule is Cl.Cn1c(=O)n(C)c2cc(S(=O)(=O)NC(C)(C)CN)ccc21. The van der Waals surface area contributed by atoms with Crippen LogP contribution in [0.3, 0.4) is 0 Å². The lowest BCUT2D eigenvalue weighted by molar-refractivity contribution is 0.462. The summed E-state index contributed by atoms with van der Waals surface area (Å²) < 4.78 is 30.2. The largest absolute Gasteiger partial charge is 0.329 e. The molecule has 22 heavy (non-hydrogen) atoms. The highest BCUT2D eigenvalue weighted by molar-refractivity contribution is 7.89. The first-order valence-electron chi connectivity index (χ1n) is 6.48. The minimum atomic E-state index is -3.70. The van der Waals surface area contributed by atoms with E-state index in [1.165, 1.54) is 21.3 Å². The molecule has 1 heterocycles. The number of sulfonamides is 1. The van der Waals surface area contributed by atoms with Gasteiger partial charge in [0.25, 0.3) is 0 Å². The highest BCUT2D eigenvalue weighted by atomic mass is 35.5. The number of hydrogen-bond donors (Lipinski definition) is 2. The van der Waals surface area contributed by atoms with Gasteiger partial charge in [-0.2, -0.15) is 0 Å². The van der Waals surface area contributed by atoms with Gasteiger partial charge in [0.15, 0.2) is 0 Å². The Morgan fingerprint density at radius 1 is 1.18 bits per heavy atom. The predicted molar refractivity (Wildman–Crippen MR) is 88.9 cm³/mol. The van der Waals surface area contributed by atoms with Crippen LogP contribution in [0, 0.1) is 0 Å². The molecule has 0 radical (unpaired) electrons. The monoisotopic (exact) mass is 348 g/mol. The lowest BCUT2D eigenvalue weighted by Gasteiger charge is -2.23. The Kier molecular flexibility index (Phi) is 5.13. The second-order valence-electron chi connectivity index (χ2n) is 5.74. The molecule has 0 fully saturated rings. The van der Waals surface area contributed by atoms with Gasteiger partial charge in [-0.25, -0.2) is 17.9 Å². The molecule has 1 aromatic carbocycles. The number of rotatable bonds is 4. The fourth-order valence-corrected chi connectivity index (χ4v) is 3.56. The number of nitrogens with two attached hydrogens (primary N) is 1. The molecule has 0 aliphatic heterocycles. The number of halogens is 1.